The highest BCUT2D eigenvalue weighted by molar-refractivity contribution is 7.13. The molecule has 0 bridgehead atoms. The Bertz CT molecular complexity index is 611. The largest absolute Gasteiger partial charge is 0.232 e. The zero-order valence-corrected chi connectivity index (χ0v) is 10.4. The van der Waals surface area contributed by atoms with E-state index in [1.807, 2.05) is 47.3 Å². The molecule has 84 valence electrons. The molecule has 0 amide bonds. The Morgan fingerprint density at radius 1 is 1.06 bits per heavy atom. The molecule has 0 N–H and O–H groups in total. The summed E-state index contributed by atoms with van der Waals surface area (Å²) >= 11 is 7.59. The molecule has 0 spiro atoms. The van der Waals surface area contributed by atoms with Crippen molar-refractivity contribution in [3.8, 4) is 16.3 Å². The third-order valence-corrected chi connectivity index (χ3v) is 3.63. The van der Waals surface area contributed by atoms with E-state index in [9.17, 15) is 0 Å². The van der Waals surface area contributed by atoms with Crippen molar-refractivity contribution < 1.29 is 0 Å². The van der Waals surface area contributed by atoms with Gasteiger partial charge in [0.1, 0.15) is 0 Å². The third kappa shape index (κ3) is 1.99. The van der Waals surface area contributed by atoms with Crippen LogP contribution in [0.1, 0.15) is 0 Å². The second kappa shape index (κ2) is 4.35. The van der Waals surface area contributed by atoms with E-state index in [2.05, 4.69) is 16.5 Å². The minimum atomic E-state index is 0.735. The van der Waals surface area contributed by atoms with E-state index >= 15 is 0 Å². The summed E-state index contributed by atoms with van der Waals surface area (Å²) < 4.78 is 1.92. The monoisotopic (exact) mass is 260 g/mol. The van der Waals surface area contributed by atoms with E-state index in [0.717, 1.165) is 16.4 Å². The smallest absolute Gasteiger partial charge is 0.0840 e. The van der Waals surface area contributed by atoms with Crippen molar-refractivity contribution in [3.05, 3.63) is 59.1 Å². The van der Waals surface area contributed by atoms with Crippen molar-refractivity contribution in [3.63, 3.8) is 0 Å². The fraction of sp³-hybridized carbons (Fsp3) is 0. The second-order valence-corrected chi connectivity index (χ2v) is 4.97. The SMILES string of the molecule is Clc1ccc(-n2nccc2-c2cccs2)cc1. The average molecular weight is 261 g/mol. The fourth-order valence-corrected chi connectivity index (χ4v) is 2.56. The predicted molar refractivity (Wildman–Crippen MR) is 71.9 cm³/mol. The molecule has 0 saturated carbocycles. The van der Waals surface area contributed by atoms with Crippen LogP contribution in [-0.2, 0) is 0 Å². The van der Waals surface area contributed by atoms with Gasteiger partial charge in [-0.25, -0.2) is 4.68 Å². The van der Waals surface area contributed by atoms with E-state index in [0.29, 0.717) is 0 Å². The topological polar surface area (TPSA) is 17.8 Å². The Morgan fingerprint density at radius 3 is 2.59 bits per heavy atom. The van der Waals surface area contributed by atoms with Gasteiger partial charge in [-0.15, -0.1) is 11.3 Å². The lowest BCUT2D eigenvalue weighted by Gasteiger charge is -2.05. The Labute approximate surface area is 108 Å². The number of nitrogens with zero attached hydrogens (tertiary/aromatic N) is 2. The minimum absolute atomic E-state index is 0.735. The van der Waals surface area contributed by atoms with Crippen LogP contribution in [0, 0.1) is 0 Å². The van der Waals surface area contributed by atoms with Gasteiger partial charge in [0.15, 0.2) is 0 Å². The van der Waals surface area contributed by atoms with E-state index in [4.69, 9.17) is 11.6 Å². The molecule has 4 heteroatoms. The molecule has 0 unspecified atom stereocenters. The maximum Gasteiger partial charge on any atom is 0.0840 e. The molecular formula is C13H9ClN2S. The lowest BCUT2D eigenvalue weighted by Crippen LogP contribution is -1.97. The van der Waals surface area contributed by atoms with Crippen LogP contribution in [0.2, 0.25) is 5.02 Å². The summed E-state index contributed by atoms with van der Waals surface area (Å²) in [5.41, 5.74) is 2.12. The Balaban J connectivity index is 2.10. The molecule has 2 heterocycles. The van der Waals surface area contributed by atoms with E-state index < -0.39 is 0 Å². The summed E-state index contributed by atoms with van der Waals surface area (Å²) in [5, 5.41) is 7.15. The molecule has 3 aromatic rings. The summed E-state index contributed by atoms with van der Waals surface area (Å²) in [6.45, 7) is 0. The number of halogens is 1. The van der Waals surface area contributed by atoms with Crippen LogP contribution < -0.4 is 0 Å². The molecule has 0 fully saturated rings. The fourth-order valence-electron chi connectivity index (χ4n) is 1.70. The van der Waals surface area contributed by atoms with Crippen LogP contribution in [0.3, 0.4) is 0 Å². The zero-order chi connectivity index (χ0) is 11.7. The molecule has 0 aliphatic carbocycles. The van der Waals surface area contributed by atoms with Crippen LogP contribution >= 0.6 is 22.9 Å². The molecule has 3 rings (SSSR count). The second-order valence-electron chi connectivity index (χ2n) is 3.58. The van der Waals surface area contributed by atoms with E-state index in [1.165, 1.54) is 4.88 Å². The van der Waals surface area contributed by atoms with Gasteiger partial charge >= 0.3 is 0 Å². The van der Waals surface area contributed by atoms with Crippen molar-refractivity contribution >= 4 is 22.9 Å². The van der Waals surface area contributed by atoms with Crippen LogP contribution in [0.5, 0.6) is 0 Å². The zero-order valence-electron chi connectivity index (χ0n) is 8.88. The van der Waals surface area contributed by atoms with Gasteiger partial charge in [-0.05, 0) is 41.8 Å². The number of rotatable bonds is 2. The lowest BCUT2D eigenvalue weighted by molar-refractivity contribution is 0.890. The van der Waals surface area contributed by atoms with Crippen LogP contribution in [0.15, 0.2) is 54.0 Å². The Morgan fingerprint density at radius 2 is 1.88 bits per heavy atom. The molecule has 0 saturated heterocycles. The first-order valence-corrected chi connectivity index (χ1v) is 6.44. The highest BCUT2D eigenvalue weighted by Gasteiger charge is 2.07. The van der Waals surface area contributed by atoms with Crippen LogP contribution in [0.4, 0.5) is 0 Å². The van der Waals surface area contributed by atoms with E-state index in [-0.39, 0.29) is 0 Å². The van der Waals surface area contributed by atoms with Crippen molar-refractivity contribution in [2.45, 2.75) is 0 Å². The quantitative estimate of drug-likeness (QED) is 0.673. The molecule has 0 atom stereocenters. The molecule has 2 nitrogen and oxygen atoms in total. The lowest BCUT2D eigenvalue weighted by atomic mass is 10.3. The highest BCUT2D eigenvalue weighted by atomic mass is 35.5. The van der Waals surface area contributed by atoms with Gasteiger partial charge in [0.05, 0.1) is 22.5 Å². The third-order valence-electron chi connectivity index (χ3n) is 2.49. The van der Waals surface area contributed by atoms with Crippen molar-refractivity contribution in [1.82, 2.24) is 9.78 Å². The molecule has 17 heavy (non-hydrogen) atoms. The first kappa shape index (κ1) is 10.6. The van der Waals surface area contributed by atoms with Gasteiger partial charge in [-0.3, -0.25) is 0 Å². The maximum atomic E-state index is 5.88. The van der Waals surface area contributed by atoms with Crippen LogP contribution in [-0.4, -0.2) is 9.78 Å². The van der Waals surface area contributed by atoms with Gasteiger partial charge in [-0.2, -0.15) is 5.10 Å². The summed E-state index contributed by atoms with van der Waals surface area (Å²) in [5.74, 6) is 0. The summed E-state index contributed by atoms with van der Waals surface area (Å²) in [4.78, 5) is 1.21. The summed E-state index contributed by atoms with van der Waals surface area (Å²) in [7, 11) is 0. The maximum absolute atomic E-state index is 5.88. The van der Waals surface area contributed by atoms with Gasteiger partial charge in [0.25, 0.3) is 0 Å². The first-order valence-electron chi connectivity index (χ1n) is 5.18. The minimum Gasteiger partial charge on any atom is -0.232 e. The Hall–Kier alpha value is -1.58. The molecule has 0 aliphatic rings. The molecular weight excluding hydrogens is 252 g/mol. The molecule has 2 aromatic heterocycles. The highest BCUT2D eigenvalue weighted by Crippen LogP contribution is 2.26. The number of thiophene rings is 1. The molecule has 0 radical (unpaired) electrons. The molecule has 0 aliphatic heterocycles. The molecule has 1 aromatic carbocycles. The summed E-state index contributed by atoms with van der Waals surface area (Å²) in [6.07, 6.45) is 1.81. The van der Waals surface area contributed by atoms with Crippen LogP contribution in [0.25, 0.3) is 16.3 Å². The number of hydrogen-bond acceptors (Lipinski definition) is 2. The van der Waals surface area contributed by atoms with Crippen molar-refractivity contribution in [2.24, 2.45) is 0 Å². The van der Waals surface area contributed by atoms with Crippen molar-refractivity contribution in [2.75, 3.05) is 0 Å². The average Bonchev–Trinajstić information content (AvgIpc) is 3.00. The van der Waals surface area contributed by atoms with E-state index in [1.54, 1.807) is 11.3 Å². The Kier molecular flexibility index (Phi) is 2.71. The first-order chi connectivity index (χ1) is 8.34. The van der Waals surface area contributed by atoms with Crippen molar-refractivity contribution in [1.29, 1.82) is 0 Å². The standard InChI is InChI=1S/C13H9ClN2S/c14-10-3-5-11(6-4-10)16-12(7-8-15-16)13-2-1-9-17-13/h1-9H. The van der Waals surface area contributed by atoms with Gasteiger partial charge in [0, 0.05) is 5.02 Å². The van der Waals surface area contributed by atoms with Gasteiger partial charge < -0.3 is 0 Å². The normalized spacial score (nSPS) is 10.6. The summed E-state index contributed by atoms with van der Waals surface area (Å²) in [6, 6.07) is 13.8. The van der Waals surface area contributed by atoms with Gasteiger partial charge in [-0.1, -0.05) is 17.7 Å². The number of benzene rings is 1. The van der Waals surface area contributed by atoms with Gasteiger partial charge in [0.2, 0.25) is 0 Å². The predicted octanol–water partition coefficient (Wildman–Crippen LogP) is 4.25. The number of hydrogen-bond donors (Lipinski definition) is 0. The number of aromatic nitrogens is 2.